The molecule has 0 unspecified atom stereocenters. The monoisotopic (exact) mass is 486 g/mol. The predicted octanol–water partition coefficient (Wildman–Crippen LogP) is 2.99. The van der Waals surface area contributed by atoms with E-state index in [4.69, 9.17) is 5.11 Å². The van der Waals surface area contributed by atoms with Gasteiger partial charge in [-0.25, -0.2) is 19.5 Å². The zero-order valence-electron chi connectivity index (χ0n) is 18.4. The van der Waals surface area contributed by atoms with Crippen molar-refractivity contribution in [1.29, 1.82) is 0 Å². The van der Waals surface area contributed by atoms with E-state index < -0.39 is 35.9 Å². The summed E-state index contributed by atoms with van der Waals surface area (Å²) in [6.45, 7) is 0. The van der Waals surface area contributed by atoms with Crippen LogP contribution in [0.4, 0.5) is 9.93 Å². The van der Waals surface area contributed by atoms with Gasteiger partial charge in [0.05, 0.1) is 0 Å². The molecule has 10 nitrogen and oxygen atoms in total. The van der Waals surface area contributed by atoms with Gasteiger partial charge >= 0.3 is 12.0 Å². The Bertz CT molecular complexity index is 1100. The first-order valence-corrected chi connectivity index (χ1v) is 12.1. The van der Waals surface area contributed by atoms with E-state index in [0.29, 0.717) is 12.0 Å². The number of nitrogens with one attached hydrogen (secondary N) is 2. The Morgan fingerprint density at radius 3 is 2.68 bits per heavy atom. The SMILES string of the molecule is O=C(O)c1csc(NC(=O)[C@H](CC2CCCCC2)N2C(=O)N[C@@H](Cc3cccc(O)c3)C2=O)n1. The molecule has 4 amide bonds. The lowest BCUT2D eigenvalue weighted by Gasteiger charge is -2.30. The van der Waals surface area contributed by atoms with Gasteiger partial charge in [0, 0.05) is 11.8 Å². The van der Waals surface area contributed by atoms with Crippen LogP contribution in [0.1, 0.15) is 54.6 Å². The summed E-state index contributed by atoms with van der Waals surface area (Å²) < 4.78 is 0. The van der Waals surface area contributed by atoms with Gasteiger partial charge < -0.3 is 20.8 Å². The number of aromatic hydroxyl groups is 1. The smallest absolute Gasteiger partial charge is 0.355 e. The third-order valence-corrected chi connectivity index (χ3v) is 7.01. The van der Waals surface area contributed by atoms with Crippen LogP contribution in [0.25, 0.3) is 0 Å². The van der Waals surface area contributed by atoms with Crippen LogP contribution in [-0.2, 0) is 16.0 Å². The maximum atomic E-state index is 13.3. The lowest BCUT2D eigenvalue weighted by molar-refractivity contribution is -0.134. The average molecular weight is 487 g/mol. The van der Waals surface area contributed by atoms with Crippen LogP contribution in [0.2, 0.25) is 0 Å². The van der Waals surface area contributed by atoms with E-state index in [1.54, 1.807) is 12.1 Å². The molecule has 1 aliphatic carbocycles. The Hall–Kier alpha value is -3.47. The van der Waals surface area contributed by atoms with Crippen LogP contribution in [0.15, 0.2) is 29.6 Å². The number of hydrogen-bond donors (Lipinski definition) is 4. The maximum Gasteiger partial charge on any atom is 0.355 e. The number of phenolic OH excluding ortho intramolecular Hbond substituents is 1. The summed E-state index contributed by atoms with van der Waals surface area (Å²) in [5.41, 5.74) is 0.489. The zero-order chi connectivity index (χ0) is 24.2. The summed E-state index contributed by atoms with van der Waals surface area (Å²) in [6.07, 6.45) is 5.55. The first kappa shape index (κ1) is 23.7. The topological polar surface area (TPSA) is 149 Å². The van der Waals surface area contributed by atoms with Gasteiger partial charge in [-0.15, -0.1) is 11.3 Å². The second-order valence-corrected chi connectivity index (χ2v) is 9.53. The molecule has 1 aliphatic heterocycles. The Morgan fingerprint density at radius 2 is 2.00 bits per heavy atom. The van der Waals surface area contributed by atoms with Gasteiger partial charge in [0.25, 0.3) is 5.91 Å². The highest BCUT2D eigenvalue weighted by atomic mass is 32.1. The number of imide groups is 1. The quantitative estimate of drug-likeness (QED) is 0.419. The predicted molar refractivity (Wildman–Crippen MR) is 124 cm³/mol. The van der Waals surface area contributed by atoms with Crippen LogP contribution < -0.4 is 10.6 Å². The van der Waals surface area contributed by atoms with Crippen LogP contribution in [0, 0.1) is 5.92 Å². The van der Waals surface area contributed by atoms with Crippen molar-refractivity contribution in [2.45, 2.75) is 57.0 Å². The second-order valence-electron chi connectivity index (χ2n) is 8.67. The second kappa shape index (κ2) is 10.2. The fraction of sp³-hybridized carbons (Fsp3) is 0.435. The fourth-order valence-corrected chi connectivity index (χ4v) is 5.27. The van der Waals surface area contributed by atoms with Gasteiger partial charge in [0.15, 0.2) is 10.8 Å². The van der Waals surface area contributed by atoms with Gasteiger partial charge in [-0.05, 0) is 30.0 Å². The third-order valence-electron chi connectivity index (χ3n) is 6.25. The number of thiazole rings is 1. The highest BCUT2D eigenvalue weighted by molar-refractivity contribution is 7.14. The highest BCUT2D eigenvalue weighted by Gasteiger charge is 2.45. The number of aromatic nitrogens is 1. The number of phenols is 1. The molecule has 0 bridgehead atoms. The van der Waals surface area contributed by atoms with Crippen molar-refractivity contribution in [3.8, 4) is 5.75 Å². The van der Waals surface area contributed by atoms with Gasteiger partial charge in [-0.3, -0.25) is 9.59 Å². The molecular formula is C23H26N4O6S. The Labute approximate surface area is 200 Å². The van der Waals surface area contributed by atoms with Crippen molar-refractivity contribution in [2.24, 2.45) is 5.92 Å². The van der Waals surface area contributed by atoms with Crippen LogP contribution in [-0.4, -0.2) is 56.0 Å². The number of urea groups is 1. The average Bonchev–Trinajstić information content (AvgIpc) is 3.37. The summed E-state index contributed by atoms with van der Waals surface area (Å²) in [4.78, 5) is 55.3. The Balaban J connectivity index is 1.54. The number of aromatic carboxylic acids is 1. The number of benzene rings is 1. The summed E-state index contributed by atoms with van der Waals surface area (Å²) in [5.74, 6) is -2.03. The first-order valence-electron chi connectivity index (χ1n) is 11.2. The van der Waals surface area contributed by atoms with Crippen LogP contribution >= 0.6 is 11.3 Å². The molecule has 2 fully saturated rings. The number of carbonyl (C=O) groups excluding carboxylic acids is 3. The molecule has 2 aromatic rings. The number of hydrogen-bond acceptors (Lipinski definition) is 7. The van der Waals surface area contributed by atoms with Crippen LogP contribution in [0.5, 0.6) is 5.75 Å². The molecule has 4 N–H and O–H groups in total. The minimum atomic E-state index is -1.21. The van der Waals surface area contributed by atoms with E-state index in [1.807, 2.05) is 0 Å². The van der Waals surface area contributed by atoms with Crippen molar-refractivity contribution < 1.29 is 29.4 Å². The minimum Gasteiger partial charge on any atom is -0.508 e. The molecule has 4 rings (SSSR count). The number of anilines is 1. The summed E-state index contributed by atoms with van der Waals surface area (Å²) in [7, 11) is 0. The maximum absolute atomic E-state index is 13.3. The summed E-state index contributed by atoms with van der Waals surface area (Å²) in [6, 6.07) is 3.91. The number of rotatable bonds is 8. The van der Waals surface area contributed by atoms with Gasteiger partial charge in [0.1, 0.15) is 17.8 Å². The summed E-state index contributed by atoms with van der Waals surface area (Å²) in [5, 5.41) is 25.4. The molecule has 2 heterocycles. The number of nitrogens with zero attached hydrogens (tertiary/aromatic N) is 2. The standard InChI is InChI=1S/C23H26N4O6S/c28-15-8-4-7-14(9-15)10-16-20(30)27(23(33)25-16)18(11-13-5-2-1-3-6-13)19(29)26-22-24-17(12-34-22)21(31)32/h4,7-9,12-13,16,18,28H,1-3,5-6,10-11H2,(H,25,33)(H,31,32)(H,24,26,29)/t16-,18-/m0/s1. The lowest BCUT2D eigenvalue weighted by Crippen LogP contribution is -2.49. The molecular weight excluding hydrogens is 460 g/mol. The normalized spacial score (nSPS) is 19.6. The van der Waals surface area contributed by atoms with E-state index in [2.05, 4.69) is 15.6 Å². The van der Waals surface area contributed by atoms with E-state index in [1.165, 1.54) is 17.5 Å². The Kier molecular flexibility index (Phi) is 7.11. The third kappa shape index (κ3) is 5.36. The summed E-state index contributed by atoms with van der Waals surface area (Å²) >= 11 is 0.966. The lowest BCUT2D eigenvalue weighted by atomic mass is 9.84. The molecule has 1 aromatic carbocycles. The molecule has 0 radical (unpaired) electrons. The molecule has 2 atom stereocenters. The molecule has 1 saturated carbocycles. The van der Waals surface area contributed by atoms with Gasteiger partial charge in [0.2, 0.25) is 5.91 Å². The largest absolute Gasteiger partial charge is 0.508 e. The van der Waals surface area contributed by atoms with E-state index in [-0.39, 0.29) is 28.9 Å². The molecule has 2 aliphatic rings. The number of carbonyl (C=O) groups is 4. The van der Waals surface area contributed by atoms with Gasteiger partial charge in [-0.1, -0.05) is 44.2 Å². The first-order chi connectivity index (χ1) is 16.3. The van der Waals surface area contributed by atoms with Crippen molar-refractivity contribution >= 4 is 40.3 Å². The van der Waals surface area contributed by atoms with Crippen molar-refractivity contribution in [1.82, 2.24) is 15.2 Å². The van der Waals surface area contributed by atoms with Crippen molar-refractivity contribution in [3.63, 3.8) is 0 Å². The van der Waals surface area contributed by atoms with Crippen LogP contribution in [0.3, 0.4) is 0 Å². The molecule has 0 spiro atoms. The molecule has 1 aromatic heterocycles. The van der Waals surface area contributed by atoms with E-state index in [0.717, 1.165) is 48.3 Å². The number of amides is 4. The van der Waals surface area contributed by atoms with Gasteiger partial charge in [-0.2, -0.15) is 0 Å². The zero-order valence-corrected chi connectivity index (χ0v) is 19.2. The van der Waals surface area contributed by atoms with E-state index >= 15 is 0 Å². The van der Waals surface area contributed by atoms with Crippen molar-refractivity contribution in [3.05, 3.63) is 40.9 Å². The Morgan fingerprint density at radius 1 is 1.24 bits per heavy atom. The molecule has 1 saturated heterocycles. The number of carboxylic acids is 1. The molecule has 34 heavy (non-hydrogen) atoms. The minimum absolute atomic E-state index is 0.0601. The molecule has 180 valence electrons. The van der Waals surface area contributed by atoms with E-state index in [9.17, 15) is 24.3 Å². The molecule has 11 heteroatoms. The van der Waals surface area contributed by atoms with Crippen molar-refractivity contribution in [2.75, 3.05) is 5.32 Å². The number of carboxylic acid groups (broad SMARTS) is 1. The fourth-order valence-electron chi connectivity index (χ4n) is 4.59. The highest BCUT2D eigenvalue weighted by Crippen LogP contribution is 2.31.